The van der Waals surface area contributed by atoms with Gasteiger partial charge >= 0.3 is 12.4 Å². The molecular formula is C27H28F6N4OS. The molecule has 2 aliphatic rings. The number of carbonyl (C=O) groups is 1. The van der Waals surface area contributed by atoms with E-state index in [1.807, 2.05) is 4.90 Å². The lowest BCUT2D eigenvalue weighted by molar-refractivity contribution is -0.216. The number of anilines is 1. The first kappa shape index (κ1) is 27.8. The van der Waals surface area contributed by atoms with Crippen molar-refractivity contribution >= 4 is 33.0 Å². The van der Waals surface area contributed by atoms with Crippen molar-refractivity contribution in [3.05, 3.63) is 51.5 Å². The molecule has 2 fully saturated rings. The Kier molecular flexibility index (Phi) is 6.94. The van der Waals surface area contributed by atoms with Gasteiger partial charge in [-0.15, -0.1) is 16.4 Å². The number of rotatable bonds is 6. The second-order valence-electron chi connectivity index (χ2n) is 10.5. The van der Waals surface area contributed by atoms with Crippen LogP contribution in [0.1, 0.15) is 70.7 Å². The summed E-state index contributed by atoms with van der Waals surface area (Å²) in [4.78, 5) is 15.6. The van der Waals surface area contributed by atoms with Crippen molar-refractivity contribution in [3.8, 4) is 0 Å². The molecule has 0 bridgehead atoms. The van der Waals surface area contributed by atoms with E-state index in [0.717, 1.165) is 30.2 Å². The van der Waals surface area contributed by atoms with Crippen LogP contribution >= 0.6 is 11.3 Å². The summed E-state index contributed by atoms with van der Waals surface area (Å²) in [5.41, 5.74) is -2.30. The molecule has 5 rings (SSSR count). The van der Waals surface area contributed by atoms with Crippen molar-refractivity contribution in [1.82, 2.24) is 15.1 Å². The molecule has 3 aromatic rings. The van der Waals surface area contributed by atoms with E-state index in [1.54, 1.807) is 19.9 Å². The van der Waals surface area contributed by atoms with Crippen molar-refractivity contribution in [2.24, 2.45) is 5.41 Å². The van der Waals surface area contributed by atoms with Gasteiger partial charge < -0.3 is 10.2 Å². The first-order valence-corrected chi connectivity index (χ1v) is 13.6. The number of hydrogen-bond acceptors (Lipinski definition) is 6. The topological polar surface area (TPSA) is 58.1 Å². The summed E-state index contributed by atoms with van der Waals surface area (Å²) in [5.74, 6) is -0.751. The van der Waals surface area contributed by atoms with Crippen LogP contribution in [0.3, 0.4) is 0 Å². The Morgan fingerprint density at radius 1 is 1.10 bits per heavy atom. The third-order valence-corrected chi connectivity index (χ3v) is 9.28. The fourth-order valence-electron chi connectivity index (χ4n) is 5.58. The molecule has 1 aromatic carbocycles. The molecule has 0 spiro atoms. The van der Waals surface area contributed by atoms with E-state index in [0.29, 0.717) is 27.4 Å². The number of nitrogens with one attached hydrogen (secondary N) is 1. The Labute approximate surface area is 225 Å². The van der Waals surface area contributed by atoms with E-state index in [-0.39, 0.29) is 42.2 Å². The predicted octanol–water partition coefficient (Wildman–Crippen LogP) is 7.49. The molecule has 39 heavy (non-hydrogen) atoms. The molecule has 1 saturated heterocycles. The highest BCUT2D eigenvalue weighted by Crippen LogP contribution is 2.51. The van der Waals surface area contributed by atoms with Gasteiger partial charge in [0.15, 0.2) is 11.6 Å². The molecule has 1 atom stereocenters. The molecular weight excluding hydrogens is 542 g/mol. The molecule has 1 aliphatic carbocycles. The molecule has 5 nitrogen and oxygen atoms in total. The number of alkyl halides is 6. The number of benzene rings is 1. The van der Waals surface area contributed by atoms with E-state index in [2.05, 4.69) is 15.5 Å². The Morgan fingerprint density at radius 2 is 1.77 bits per heavy atom. The highest BCUT2D eigenvalue weighted by Gasteiger charge is 2.61. The summed E-state index contributed by atoms with van der Waals surface area (Å²) in [7, 11) is 0. The normalized spacial score (nSPS) is 19.3. The number of hydrogen-bond donors (Lipinski definition) is 1. The summed E-state index contributed by atoms with van der Waals surface area (Å²) >= 11 is 0.951. The van der Waals surface area contributed by atoms with Crippen LogP contribution < -0.4 is 5.32 Å². The van der Waals surface area contributed by atoms with Crippen LogP contribution in [0.15, 0.2) is 24.3 Å². The number of Topliss-reactive ketones (excluding diaryl/α,β-unsaturated/α-hetero) is 1. The summed E-state index contributed by atoms with van der Waals surface area (Å²) in [6, 6.07) is 5.03. The van der Waals surface area contributed by atoms with Gasteiger partial charge in [0.1, 0.15) is 5.41 Å². The number of nitrogens with zero attached hydrogens (tertiary/aromatic N) is 3. The van der Waals surface area contributed by atoms with Crippen molar-refractivity contribution < 1.29 is 31.1 Å². The maximum Gasteiger partial charge on any atom is 0.416 e. The van der Waals surface area contributed by atoms with Gasteiger partial charge in [0.05, 0.1) is 26.9 Å². The van der Waals surface area contributed by atoms with E-state index >= 15 is 0 Å². The van der Waals surface area contributed by atoms with Crippen molar-refractivity contribution in [2.75, 3.05) is 18.4 Å². The fourth-order valence-corrected chi connectivity index (χ4v) is 6.72. The number of ketones is 1. The number of aryl methyl sites for hydroxylation is 1. The van der Waals surface area contributed by atoms with E-state index in [9.17, 15) is 31.1 Å². The molecule has 3 heterocycles. The minimum atomic E-state index is -4.70. The Hall–Kier alpha value is -2.73. The van der Waals surface area contributed by atoms with Gasteiger partial charge in [0, 0.05) is 11.4 Å². The number of piperidine rings is 1. The minimum absolute atomic E-state index is 0.0222. The molecule has 0 unspecified atom stereocenters. The summed E-state index contributed by atoms with van der Waals surface area (Å²) in [5, 5.41) is 11.7. The quantitative estimate of drug-likeness (QED) is 0.246. The third kappa shape index (κ3) is 5.01. The Bertz CT molecular complexity index is 1400. The minimum Gasteiger partial charge on any atom is -0.362 e. The molecule has 0 radical (unpaired) electrons. The maximum absolute atomic E-state index is 14.5. The molecule has 1 aliphatic heterocycles. The highest BCUT2D eigenvalue weighted by atomic mass is 32.1. The number of halogens is 6. The van der Waals surface area contributed by atoms with Gasteiger partial charge in [-0.2, -0.15) is 31.4 Å². The second-order valence-corrected chi connectivity index (χ2v) is 11.6. The van der Waals surface area contributed by atoms with Crippen LogP contribution in [-0.2, 0) is 6.18 Å². The molecule has 1 N–H and O–H groups in total. The zero-order valence-corrected chi connectivity index (χ0v) is 22.4. The number of carbonyl (C=O) groups excluding carboxylic acids is 1. The number of thiophene rings is 1. The maximum atomic E-state index is 14.5. The molecule has 1 saturated carbocycles. The largest absolute Gasteiger partial charge is 0.416 e. The summed E-state index contributed by atoms with van der Waals surface area (Å²) in [6.45, 7) is 5.16. The van der Waals surface area contributed by atoms with Crippen LogP contribution in [0.4, 0.5) is 32.2 Å². The molecule has 2 aromatic heterocycles. The molecule has 0 amide bonds. The predicted molar refractivity (Wildman–Crippen MR) is 137 cm³/mol. The first-order chi connectivity index (χ1) is 18.2. The van der Waals surface area contributed by atoms with Crippen molar-refractivity contribution in [3.63, 3.8) is 0 Å². The van der Waals surface area contributed by atoms with E-state index in [4.69, 9.17) is 0 Å². The zero-order chi connectivity index (χ0) is 28.3. The lowest BCUT2D eigenvalue weighted by Gasteiger charge is -2.41. The lowest BCUT2D eigenvalue weighted by atomic mass is 9.73. The van der Waals surface area contributed by atoms with Gasteiger partial charge in [-0.1, -0.05) is 12.1 Å². The van der Waals surface area contributed by atoms with Gasteiger partial charge in [-0.3, -0.25) is 4.79 Å². The zero-order valence-electron chi connectivity index (χ0n) is 21.6. The van der Waals surface area contributed by atoms with Crippen molar-refractivity contribution in [1.29, 1.82) is 0 Å². The number of fused-ring (bicyclic) bond motifs is 1. The van der Waals surface area contributed by atoms with Crippen molar-refractivity contribution in [2.45, 2.75) is 70.9 Å². The second kappa shape index (κ2) is 9.72. The van der Waals surface area contributed by atoms with E-state index in [1.165, 1.54) is 19.1 Å². The summed E-state index contributed by atoms with van der Waals surface area (Å²) < 4.78 is 84.1. The Balaban J connectivity index is 1.47. The molecule has 12 heteroatoms. The van der Waals surface area contributed by atoms with Crippen LogP contribution in [0.25, 0.3) is 10.1 Å². The van der Waals surface area contributed by atoms with E-state index < -0.39 is 35.2 Å². The molecule has 210 valence electrons. The average molecular weight is 571 g/mol. The average Bonchev–Trinajstić information content (AvgIpc) is 3.61. The van der Waals surface area contributed by atoms with Crippen LogP contribution in [-0.4, -0.2) is 46.2 Å². The van der Waals surface area contributed by atoms with Crippen LogP contribution in [0, 0.1) is 19.3 Å². The van der Waals surface area contributed by atoms with Gasteiger partial charge in [0.25, 0.3) is 0 Å². The summed E-state index contributed by atoms with van der Waals surface area (Å²) in [6.07, 6.45) is -7.81. The number of aromatic nitrogens is 2. The lowest BCUT2D eigenvalue weighted by Crippen LogP contribution is -2.52. The van der Waals surface area contributed by atoms with Crippen LogP contribution in [0.2, 0.25) is 0 Å². The highest BCUT2D eigenvalue weighted by molar-refractivity contribution is 7.21. The Morgan fingerprint density at radius 3 is 2.36 bits per heavy atom. The first-order valence-electron chi connectivity index (χ1n) is 12.8. The third-order valence-electron chi connectivity index (χ3n) is 8.03. The van der Waals surface area contributed by atoms with Gasteiger partial charge in [-0.05, 0) is 82.8 Å². The fraction of sp³-hybridized carbons (Fsp3) is 0.519. The van der Waals surface area contributed by atoms with Crippen LogP contribution in [0.5, 0.6) is 0 Å². The SMILES string of the molecule is Cc1c([C@@H](C)Nc2nnc(C)c3sc(C(=O)C4(C(F)(F)F)CCN(C5CC5)CC4)cc23)cccc1C(F)(F)F. The van der Waals surface area contributed by atoms with Gasteiger partial charge in [-0.25, -0.2) is 0 Å². The monoisotopic (exact) mass is 570 g/mol. The van der Waals surface area contributed by atoms with Gasteiger partial charge in [0.2, 0.25) is 0 Å². The number of likely N-dealkylation sites (tertiary alicyclic amines) is 1. The standard InChI is InChI=1S/C27H28F6N4OS/c1-14-18(5-4-6-20(14)26(28,29)30)15(2)34-24-19-13-21(39-22(19)16(3)35-36-24)23(38)25(27(31,32)33)9-11-37(12-10-25)17-7-8-17/h4-6,13,15,17H,7-12H2,1-3H3,(H,34,36)/t15-/m1/s1. The smallest absolute Gasteiger partial charge is 0.362 e.